The molecule has 2 atom stereocenters. The van der Waals surface area contributed by atoms with Crippen LogP contribution in [0.3, 0.4) is 0 Å². The Kier molecular flexibility index (Phi) is 4.24. The van der Waals surface area contributed by atoms with Gasteiger partial charge in [-0.1, -0.05) is 6.07 Å². The van der Waals surface area contributed by atoms with Crippen LogP contribution in [-0.4, -0.2) is 22.6 Å². The lowest BCUT2D eigenvalue weighted by Crippen LogP contribution is -2.37. The number of nitrogens with one attached hydrogen (secondary N) is 1. The molecule has 0 aliphatic carbocycles. The molecule has 0 bridgehead atoms. The molecule has 1 aromatic carbocycles. The number of pyridine rings is 1. The summed E-state index contributed by atoms with van der Waals surface area (Å²) in [6.07, 6.45) is 4.48. The van der Waals surface area contributed by atoms with E-state index in [1.165, 1.54) is 12.7 Å². The van der Waals surface area contributed by atoms with Crippen LogP contribution in [0.4, 0.5) is 5.69 Å². The Bertz CT molecular complexity index is 746. The number of rotatable bonds is 4. The van der Waals surface area contributed by atoms with E-state index < -0.39 is 4.92 Å². The van der Waals surface area contributed by atoms with E-state index in [0.717, 1.165) is 12.0 Å². The SMILES string of the molecule is COc1ccc([C@@H]2C[C@H](c3ccncc3)C(C)(C)N2)cc1[N+](=O)[O-]. The van der Waals surface area contributed by atoms with Crippen molar-refractivity contribution in [3.63, 3.8) is 0 Å². The number of hydrogen-bond acceptors (Lipinski definition) is 5. The summed E-state index contributed by atoms with van der Waals surface area (Å²) >= 11 is 0. The summed E-state index contributed by atoms with van der Waals surface area (Å²) in [5.74, 6) is 0.596. The Morgan fingerprint density at radius 3 is 2.58 bits per heavy atom. The summed E-state index contributed by atoms with van der Waals surface area (Å²) in [7, 11) is 1.44. The van der Waals surface area contributed by atoms with Crippen molar-refractivity contribution in [3.05, 3.63) is 64.0 Å². The van der Waals surface area contributed by atoms with Gasteiger partial charge >= 0.3 is 5.69 Å². The Balaban J connectivity index is 1.92. The van der Waals surface area contributed by atoms with Crippen molar-refractivity contribution in [1.82, 2.24) is 10.3 Å². The predicted octanol–water partition coefficient (Wildman–Crippen LogP) is 3.60. The van der Waals surface area contributed by atoms with Crippen LogP contribution in [0.2, 0.25) is 0 Å². The molecule has 1 saturated heterocycles. The molecule has 3 rings (SSSR count). The van der Waals surface area contributed by atoms with Crippen LogP contribution in [0.15, 0.2) is 42.7 Å². The van der Waals surface area contributed by atoms with Gasteiger partial charge in [-0.15, -0.1) is 0 Å². The Morgan fingerprint density at radius 1 is 1.25 bits per heavy atom. The van der Waals surface area contributed by atoms with E-state index in [4.69, 9.17) is 4.74 Å². The van der Waals surface area contributed by atoms with Gasteiger partial charge < -0.3 is 10.1 Å². The van der Waals surface area contributed by atoms with E-state index in [-0.39, 0.29) is 23.0 Å². The molecule has 1 fully saturated rings. The van der Waals surface area contributed by atoms with Crippen LogP contribution in [0.1, 0.15) is 43.4 Å². The maximum absolute atomic E-state index is 11.3. The van der Waals surface area contributed by atoms with E-state index in [2.05, 4.69) is 24.1 Å². The van der Waals surface area contributed by atoms with Gasteiger partial charge in [0.1, 0.15) is 0 Å². The molecule has 0 radical (unpaired) electrons. The van der Waals surface area contributed by atoms with Gasteiger partial charge in [-0.25, -0.2) is 0 Å². The number of methoxy groups -OCH3 is 1. The first kappa shape index (κ1) is 16.4. The maximum Gasteiger partial charge on any atom is 0.311 e. The molecular formula is C18H21N3O3. The predicted molar refractivity (Wildman–Crippen MR) is 91.2 cm³/mol. The largest absolute Gasteiger partial charge is 0.490 e. The first-order valence-electron chi connectivity index (χ1n) is 7.92. The number of ether oxygens (including phenoxy) is 1. The van der Waals surface area contributed by atoms with Crippen molar-refractivity contribution in [2.24, 2.45) is 0 Å². The molecule has 6 nitrogen and oxygen atoms in total. The molecular weight excluding hydrogens is 306 g/mol. The summed E-state index contributed by atoms with van der Waals surface area (Å²) in [6, 6.07) is 9.31. The molecule has 0 unspecified atom stereocenters. The first-order chi connectivity index (χ1) is 11.4. The van der Waals surface area contributed by atoms with Gasteiger partial charge in [0, 0.05) is 36.0 Å². The number of hydrogen-bond donors (Lipinski definition) is 1. The first-order valence-corrected chi connectivity index (χ1v) is 7.92. The second-order valence-electron chi connectivity index (χ2n) is 6.68. The lowest BCUT2D eigenvalue weighted by atomic mass is 9.83. The Labute approximate surface area is 141 Å². The van der Waals surface area contributed by atoms with Crippen molar-refractivity contribution < 1.29 is 9.66 Å². The van der Waals surface area contributed by atoms with Crippen molar-refractivity contribution >= 4 is 5.69 Å². The van der Waals surface area contributed by atoms with Crippen LogP contribution >= 0.6 is 0 Å². The Hall–Kier alpha value is -2.47. The van der Waals surface area contributed by atoms with Gasteiger partial charge in [-0.05, 0) is 49.6 Å². The summed E-state index contributed by atoms with van der Waals surface area (Å²) in [6.45, 7) is 4.33. The molecule has 0 spiro atoms. The Morgan fingerprint density at radius 2 is 1.96 bits per heavy atom. The quantitative estimate of drug-likeness (QED) is 0.686. The molecule has 24 heavy (non-hydrogen) atoms. The van der Waals surface area contributed by atoms with Gasteiger partial charge in [0.2, 0.25) is 0 Å². The highest BCUT2D eigenvalue weighted by Gasteiger charge is 2.41. The van der Waals surface area contributed by atoms with Crippen LogP contribution < -0.4 is 10.1 Å². The highest BCUT2D eigenvalue weighted by Crippen LogP contribution is 2.44. The fraction of sp³-hybridized carbons (Fsp3) is 0.389. The van der Waals surface area contributed by atoms with Crippen LogP contribution in [-0.2, 0) is 0 Å². The van der Waals surface area contributed by atoms with Crippen molar-refractivity contribution in [1.29, 1.82) is 0 Å². The molecule has 1 aliphatic rings. The third-order valence-corrected chi connectivity index (χ3v) is 4.80. The second-order valence-corrected chi connectivity index (χ2v) is 6.68. The summed E-state index contributed by atoms with van der Waals surface area (Å²) in [5, 5.41) is 14.9. The maximum atomic E-state index is 11.3. The number of nitrogens with zero attached hydrogens (tertiary/aromatic N) is 2. The van der Waals surface area contributed by atoms with Crippen LogP contribution in [0.5, 0.6) is 5.75 Å². The zero-order chi connectivity index (χ0) is 17.3. The van der Waals surface area contributed by atoms with Crippen LogP contribution in [0.25, 0.3) is 0 Å². The van der Waals surface area contributed by atoms with Crippen molar-refractivity contribution in [2.75, 3.05) is 7.11 Å². The number of benzene rings is 1. The summed E-state index contributed by atoms with van der Waals surface area (Å²) in [4.78, 5) is 14.9. The smallest absolute Gasteiger partial charge is 0.311 e. The third kappa shape index (κ3) is 2.97. The average Bonchev–Trinajstić information content (AvgIpc) is 2.90. The van der Waals surface area contributed by atoms with E-state index >= 15 is 0 Å². The molecule has 0 amide bonds. The zero-order valence-electron chi connectivity index (χ0n) is 14.0. The summed E-state index contributed by atoms with van der Waals surface area (Å²) < 4.78 is 5.09. The van der Waals surface area contributed by atoms with E-state index in [9.17, 15) is 10.1 Å². The van der Waals surface area contributed by atoms with E-state index in [1.807, 2.05) is 18.2 Å². The molecule has 6 heteroatoms. The monoisotopic (exact) mass is 327 g/mol. The minimum atomic E-state index is -0.400. The number of nitro groups is 1. The van der Waals surface area contributed by atoms with Crippen molar-refractivity contribution in [2.45, 2.75) is 37.8 Å². The standard InChI is InChI=1S/C18H21N3O3/c1-18(2)14(12-6-8-19-9-7-12)11-15(20-18)13-4-5-17(24-3)16(10-13)21(22)23/h4-10,14-15,20H,11H2,1-3H3/t14-,15+/m1/s1. The topological polar surface area (TPSA) is 77.3 Å². The van der Waals surface area contributed by atoms with Crippen molar-refractivity contribution in [3.8, 4) is 5.75 Å². The van der Waals surface area contributed by atoms with Gasteiger partial charge in [0.25, 0.3) is 0 Å². The molecule has 1 N–H and O–H groups in total. The number of nitro benzene ring substituents is 1. The fourth-order valence-corrected chi connectivity index (χ4v) is 3.57. The molecule has 2 heterocycles. The van der Waals surface area contributed by atoms with Gasteiger partial charge in [0.15, 0.2) is 5.75 Å². The molecule has 1 aliphatic heterocycles. The fourth-order valence-electron chi connectivity index (χ4n) is 3.57. The molecule has 1 aromatic heterocycles. The lowest BCUT2D eigenvalue weighted by Gasteiger charge is -2.27. The normalized spacial score (nSPS) is 22.3. The molecule has 126 valence electrons. The van der Waals surface area contributed by atoms with Crippen LogP contribution in [0, 0.1) is 10.1 Å². The number of aromatic nitrogens is 1. The minimum Gasteiger partial charge on any atom is -0.490 e. The van der Waals surface area contributed by atoms with E-state index in [0.29, 0.717) is 5.92 Å². The lowest BCUT2D eigenvalue weighted by molar-refractivity contribution is -0.385. The molecule has 2 aromatic rings. The zero-order valence-corrected chi connectivity index (χ0v) is 14.0. The highest BCUT2D eigenvalue weighted by molar-refractivity contribution is 5.49. The second kappa shape index (κ2) is 6.20. The summed E-state index contributed by atoms with van der Waals surface area (Å²) in [5.41, 5.74) is 2.03. The van der Waals surface area contributed by atoms with Gasteiger partial charge in [-0.3, -0.25) is 15.1 Å². The average molecular weight is 327 g/mol. The third-order valence-electron chi connectivity index (χ3n) is 4.80. The highest BCUT2D eigenvalue weighted by atomic mass is 16.6. The van der Waals surface area contributed by atoms with Gasteiger partial charge in [-0.2, -0.15) is 0 Å². The minimum absolute atomic E-state index is 0.00182. The molecule has 0 saturated carbocycles. The van der Waals surface area contributed by atoms with E-state index in [1.54, 1.807) is 24.5 Å². The van der Waals surface area contributed by atoms with Gasteiger partial charge in [0.05, 0.1) is 12.0 Å².